The maximum Gasteiger partial charge on any atom is 0.249 e. The highest BCUT2D eigenvalue weighted by Gasteiger charge is 2.13. The van der Waals surface area contributed by atoms with Gasteiger partial charge in [-0.1, -0.05) is 23.2 Å². The van der Waals surface area contributed by atoms with Crippen molar-refractivity contribution in [3.05, 3.63) is 30.2 Å². The molecule has 0 N–H and O–H groups in total. The molecule has 2 aromatic rings. The third-order valence-corrected chi connectivity index (χ3v) is 2.41. The topological polar surface area (TPSA) is 48.2 Å². The average Bonchev–Trinajstić information content (AvgIpc) is 2.80. The Hall–Kier alpha value is -1.26. The summed E-state index contributed by atoms with van der Waals surface area (Å²) in [7, 11) is 0. The van der Waals surface area contributed by atoms with Crippen LogP contribution in [0.5, 0.6) is 5.75 Å². The van der Waals surface area contributed by atoms with Gasteiger partial charge in [0, 0.05) is 5.56 Å². The van der Waals surface area contributed by atoms with Crippen LogP contribution in [-0.4, -0.2) is 16.8 Å². The van der Waals surface area contributed by atoms with Gasteiger partial charge in [-0.3, -0.25) is 0 Å². The highest BCUT2D eigenvalue weighted by Crippen LogP contribution is 2.27. The largest absolute Gasteiger partial charge is 0.494 e. The molecule has 90 valence electrons. The molecule has 1 aromatic carbocycles. The molecule has 0 aliphatic heterocycles. The summed E-state index contributed by atoms with van der Waals surface area (Å²) in [4.78, 5) is -0.807. The second-order valence-corrected chi connectivity index (χ2v) is 4.30. The Balaban J connectivity index is 2.21. The van der Waals surface area contributed by atoms with Crippen LogP contribution in [-0.2, 0) is 0 Å². The Labute approximate surface area is 109 Å². The van der Waals surface area contributed by atoms with E-state index in [1.165, 1.54) is 0 Å². The van der Waals surface area contributed by atoms with Gasteiger partial charge in [-0.05, 0) is 31.2 Å². The minimum absolute atomic E-state index is 0.192. The normalized spacial score (nSPS) is 10.8. The Kier molecular flexibility index (Phi) is 3.86. The lowest BCUT2D eigenvalue weighted by Gasteiger charge is -2.02. The molecule has 0 saturated carbocycles. The monoisotopic (exact) mass is 272 g/mol. The summed E-state index contributed by atoms with van der Waals surface area (Å²) >= 11 is 11.2. The van der Waals surface area contributed by atoms with Gasteiger partial charge in [-0.25, -0.2) is 0 Å². The number of rotatable bonds is 4. The van der Waals surface area contributed by atoms with Crippen molar-refractivity contribution in [2.24, 2.45) is 0 Å². The van der Waals surface area contributed by atoms with Crippen LogP contribution < -0.4 is 4.74 Å². The van der Waals surface area contributed by atoms with E-state index in [1.807, 2.05) is 31.2 Å². The van der Waals surface area contributed by atoms with Crippen LogP contribution in [0.25, 0.3) is 11.5 Å². The second-order valence-electron chi connectivity index (χ2n) is 3.20. The van der Waals surface area contributed by atoms with Crippen LogP contribution in [0.3, 0.4) is 0 Å². The first kappa shape index (κ1) is 12.2. The minimum Gasteiger partial charge on any atom is -0.494 e. The zero-order valence-electron chi connectivity index (χ0n) is 9.06. The van der Waals surface area contributed by atoms with Gasteiger partial charge < -0.3 is 9.15 Å². The smallest absolute Gasteiger partial charge is 0.249 e. The third kappa shape index (κ3) is 2.90. The fraction of sp³-hybridized carbons (Fsp3) is 0.273. The molecule has 0 fully saturated rings. The lowest BCUT2D eigenvalue weighted by atomic mass is 10.2. The van der Waals surface area contributed by atoms with Crippen molar-refractivity contribution in [3.8, 4) is 17.2 Å². The quantitative estimate of drug-likeness (QED) is 0.798. The average molecular weight is 273 g/mol. The number of hydrogen-bond donors (Lipinski definition) is 0. The molecule has 0 amide bonds. The predicted octanol–water partition coefficient (Wildman–Crippen LogP) is 3.61. The SMILES string of the molecule is CCOc1ccc(-c2nnc(C(Cl)Cl)o2)cc1. The molecule has 0 aliphatic carbocycles. The lowest BCUT2D eigenvalue weighted by Crippen LogP contribution is -1.90. The number of aromatic nitrogens is 2. The van der Waals surface area contributed by atoms with E-state index in [0.29, 0.717) is 12.5 Å². The summed E-state index contributed by atoms with van der Waals surface area (Å²) in [5.74, 6) is 1.37. The Morgan fingerprint density at radius 3 is 2.47 bits per heavy atom. The molecule has 0 saturated heterocycles. The highest BCUT2D eigenvalue weighted by atomic mass is 35.5. The second kappa shape index (κ2) is 5.38. The third-order valence-electron chi connectivity index (χ3n) is 2.04. The zero-order valence-corrected chi connectivity index (χ0v) is 10.6. The van der Waals surface area contributed by atoms with Gasteiger partial charge in [0.05, 0.1) is 6.61 Å². The lowest BCUT2D eigenvalue weighted by molar-refractivity contribution is 0.340. The maximum atomic E-state index is 5.62. The van der Waals surface area contributed by atoms with Gasteiger partial charge in [0.25, 0.3) is 0 Å². The van der Waals surface area contributed by atoms with E-state index in [4.69, 9.17) is 32.4 Å². The van der Waals surface area contributed by atoms with Crippen LogP contribution >= 0.6 is 23.2 Å². The van der Waals surface area contributed by atoms with Gasteiger partial charge in [-0.2, -0.15) is 0 Å². The van der Waals surface area contributed by atoms with Crippen molar-refractivity contribution in [3.63, 3.8) is 0 Å². The van der Waals surface area contributed by atoms with E-state index >= 15 is 0 Å². The molecule has 17 heavy (non-hydrogen) atoms. The molecule has 0 aliphatic rings. The molecule has 0 spiro atoms. The van der Waals surface area contributed by atoms with Crippen LogP contribution in [0, 0.1) is 0 Å². The van der Waals surface area contributed by atoms with Gasteiger partial charge in [0.15, 0.2) is 4.84 Å². The van der Waals surface area contributed by atoms with Crippen molar-refractivity contribution >= 4 is 23.2 Å². The first-order valence-corrected chi connectivity index (χ1v) is 5.92. The summed E-state index contributed by atoms with van der Waals surface area (Å²) in [6.45, 7) is 2.56. The van der Waals surface area contributed by atoms with Crippen LogP contribution in [0.2, 0.25) is 0 Å². The maximum absolute atomic E-state index is 5.62. The van der Waals surface area contributed by atoms with Gasteiger partial charge in [0.2, 0.25) is 11.8 Å². The molecule has 2 rings (SSSR count). The minimum atomic E-state index is -0.807. The van der Waals surface area contributed by atoms with Crippen molar-refractivity contribution in [1.82, 2.24) is 10.2 Å². The molecule has 4 nitrogen and oxygen atoms in total. The molecule has 1 aromatic heterocycles. The van der Waals surface area contributed by atoms with Crippen LogP contribution in [0.4, 0.5) is 0 Å². The summed E-state index contributed by atoms with van der Waals surface area (Å²) in [6.07, 6.45) is 0. The van der Waals surface area contributed by atoms with Crippen molar-refractivity contribution in [1.29, 1.82) is 0 Å². The molecule has 0 atom stereocenters. The zero-order chi connectivity index (χ0) is 12.3. The van der Waals surface area contributed by atoms with E-state index < -0.39 is 4.84 Å². The van der Waals surface area contributed by atoms with Crippen molar-refractivity contribution < 1.29 is 9.15 Å². The Morgan fingerprint density at radius 1 is 1.24 bits per heavy atom. The standard InChI is InChI=1S/C11H10Cl2N2O2/c1-2-16-8-5-3-7(4-6-8)10-14-15-11(17-10)9(12)13/h3-6,9H,2H2,1H3. The molecule has 6 heteroatoms. The van der Waals surface area contributed by atoms with Gasteiger partial charge >= 0.3 is 0 Å². The number of halogens is 2. The van der Waals surface area contributed by atoms with Crippen molar-refractivity contribution in [2.45, 2.75) is 11.8 Å². The van der Waals surface area contributed by atoms with Crippen molar-refractivity contribution in [2.75, 3.05) is 6.61 Å². The summed E-state index contributed by atoms with van der Waals surface area (Å²) in [5.41, 5.74) is 0.793. The van der Waals surface area contributed by atoms with E-state index in [0.717, 1.165) is 11.3 Å². The molecule has 0 bridgehead atoms. The number of benzene rings is 1. The number of nitrogens with zero attached hydrogens (tertiary/aromatic N) is 2. The van der Waals surface area contributed by atoms with E-state index in [-0.39, 0.29) is 5.89 Å². The first-order chi connectivity index (χ1) is 8.20. The fourth-order valence-electron chi connectivity index (χ4n) is 1.30. The molecule has 0 unspecified atom stereocenters. The van der Waals surface area contributed by atoms with E-state index in [9.17, 15) is 0 Å². The summed E-state index contributed by atoms with van der Waals surface area (Å²) < 4.78 is 10.6. The van der Waals surface area contributed by atoms with Gasteiger partial charge in [0.1, 0.15) is 5.75 Å². The Bertz CT molecular complexity index is 482. The summed E-state index contributed by atoms with van der Waals surface area (Å²) in [5, 5.41) is 7.60. The fourth-order valence-corrected chi connectivity index (χ4v) is 1.48. The number of hydrogen-bond acceptors (Lipinski definition) is 4. The molecule has 0 radical (unpaired) electrons. The highest BCUT2D eigenvalue weighted by molar-refractivity contribution is 6.43. The predicted molar refractivity (Wildman–Crippen MR) is 65.4 cm³/mol. The molecular formula is C11H10Cl2N2O2. The number of alkyl halides is 2. The molecule has 1 heterocycles. The Morgan fingerprint density at radius 2 is 1.94 bits per heavy atom. The first-order valence-electron chi connectivity index (χ1n) is 5.05. The number of ether oxygens (including phenoxy) is 1. The summed E-state index contributed by atoms with van der Waals surface area (Å²) in [6, 6.07) is 7.34. The van der Waals surface area contributed by atoms with Crippen LogP contribution in [0.15, 0.2) is 28.7 Å². The molecular weight excluding hydrogens is 263 g/mol. The van der Waals surface area contributed by atoms with E-state index in [2.05, 4.69) is 10.2 Å². The van der Waals surface area contributed by atoms with Crippen LogP contribution in [0.1, 0.15) is 17.7 Å². The van der Waals surface area contributed by atoms with Gasteiger partial charge in [-0.15, -0.1) is 10.2 Å². The van der Waals surface area contributed by atoms with E-state index in [1.54, 1.807) is 0 Å².